The van der Waals surface area contributed by atoms with Crippen LogP contribution in [0.4, 0.5) is 5.69 Å². The van der Waals surface area contributed by atoms with Gasteiger partial charge in [0.1, 0.15) is 0 Å². The highest BCUT2D eigenvalue weighted by Gasteiger charge is 2.13. The first-order valence-electron chi connectivity index (χ1n) is 6.64. The van der Waals surface area contributed by atoms with Crippen molar-refractivity contribution in [3.63, 3.8) is 0 Å². The molecule has 0 fully saturated rings. The number of hydrogen-bond donors (Lipinski definition) is 2. The maximum atomic E-state index is 11.7. The van der Waals surface area contributed by atoms with Gasteiger partial charge >= 0.3 is 11.8 Å². The normalized spacial score (nSPS) is 10.1. The predicted octanol–water partition coefficient (Wildman–Crippen LogP) is 3.29. The molecule has 0 saturated heterocycles. The van der Waals surface area contributed by atoms with E-state index < -0.39 is 11.8 Å². The largest absolute Gasteiger partial charge is 0.347 e. The summed E-state index contributed by atoms with van der Waals surface area (Å²) in [6, 6.07) is 13.9. The van der Waals surface area contributed by atoms with Crippen LogP contribution >= 0.6 is 23.2 Å². The standard InChI is InChI=1S/C16H14Cl2N2O2/c17-12-7-6-11(14(18)10-12)8-9-19-15(21)16(22)20-13-4-2-1-3-5-13/h1-7,10H,8-9H2,(H,19,21)(H,20,22). The molecule has 2 N–H and O–H groups in total. The number of benzene rings is 2. The van der Waals surface area contributed by atoms with E-state index in [-0.39, 0.29) is 0 Å². The van der Waals surface area contributed by atoms with E-state index in [2.05, 4.69) is 10.6 Å². The van der Waals surface area contributed by atoms with Crippen molar-refractivity contribution < 1.29 is 9.59 Å². The van der Waals surface area contributed by atoms with E-state index in [1.165, 1.54) is 0 Å². The van der Waals surface area contributed by atoms with Crippen molar-refractivity contribution >= 4 is 40.7 Å². The van der Waals surface area contributed by atoms with E-state index in [1.54, 1.807) is 42.5 Å². The van der Waals surface area contributed by atoms with Gasteiger partial charge in [0.2, 0.25) is 0 Å². The lowest BCUT2D eigenvalue weighted by Crippen LogP contribution is -2.36. The van der Waals surface area contributed by atoms with Crippen LogP contribution in [0.25, 0.3) is 0 Å². The summed E-state index contributed by atoms with van der Waals surface area (Å²) in [7, 11) is 0. The van der Waals surface area contributed by atoms with Crippen molar-refractivity contribution in [1.29, 1.82) is 0 Å². The summed E-state index contributed by atoms with van der Waals surface area (Å²) in [5, 5.41) is 6.16. The fourth-order valence-corrected chi connectivity index (χ4v) is 2.33. The van der Waals surface area contributed by atoms with Crippen LogP contribution < -0.4 is 10.6 Å². The number of halogens is 2. The first kappa shape index (κ1) is 16.3. The zero-order chi connectivity index (χ0) is 15.9. The van der Waals surface area contributed by atoms with Gasteiger partial charge in [-0.05, 0) is 36.2 Å². The van der Waals surface area contributed by atoms with Gasteiger partial charge in [-0.25, -0.2) is 0 Å². The van der Waals surface area contributed by atoms with E-state index >= 15 is 0 Å². The molecule has 0 spiro atoms. The van der Waals surface area contributed by atoms with E-state index in [1.807, 2.05) is 6.07 Å². The van der Waals surface area contributed by atoms with Crippen LogP contribution in [0.5, 0.6) is 0 Å². The summed E-state index contributed by atoms with van der Waals surface area (Å²) in [6.45, 7) is 0.308. The average Bonchev–Trinajstić information content (AvgIpc) is 2.50. The molecule has 0 aliphatic heterocycles. The fourth-order valence-electron chi connectivity index (χ4n) is 1.82. The molecule has 2 aromatic rings. The molecule has 4 nitrogen and oxygen atoms in total. The number of rotatable bonds is 4. The third kappa shape index (κ3) is 4.76. The number of anilines is 1. The van der Waals surface area contributed by atoms with Gasteiger partial charge in [-0.1, -0.05) is 47.5 Å². The monoisotopic (exact) mass is 336 g/mol. The maximum Gasteiger partial charge on any atom is 0.313 e. The molecule has 0 bridgehead atoms. The Morgan fingerprint density at radius 2 is 1.68 bits per heavy atom. The molecule has 2 aromatic carbocycles. The van der Waals surface area contributed by atoms with Crippen LogP contribution in [-0.2, 0) is 16.0 Å². The Balaban J connectivity index is 1.81. The second-order valence-corrected chi connectivity index (χ2v) is 5.41. The van der Waals surface area contributed by atoms with Gasteiger partial charge in [-0.2, -0.15) is 0 Å². The molecule has 0 saturated carbocycles. The van der Waals surface area contributed by atoms with Gasteiger partial charge in [-0.15, -0.1) is 0 Å². The zero-order valence-electron chi connectivity index (χ0n) is 11.6. The maximum absolute atomic E-state index is 11.7. The molecule has 6 heteroatoms. The van der Waals surface area contributed by atoms with Crippen LogP contribution in [0.15, 0.2) is 48.5 Å². The Bertz CT molecular complexity index is 675. The smallest absolute Gasteiger partial charge is 0.313 e. The summed E-state index contributed by atoms with van der Waals surface area (Å²) in [5.74, 6) is -1.39. The minimum absolute atomic E-state index is 0.308. The van der Waals surface area contributed by atoms with Gasteiger partial charge in [0.05, 0.1) is 0 Å². The number of para-hydroxylation sites is 1. The summed E-state index contributed by atoms with van der Waals surface area (Å²) in [4.78, 5) is 23.4. The van der Waals surface area contributed by atoms with Crippen molar-refractivity contribution in [2.45, 2.75) is 6.42 Å². The highest BCUT2D eigenvalue weighted by atomic mass is 35.5. The number of hydrogen-bond acceptors (Lipinski definition) is 2. The highest BCUT2D eigenvalue weighted by molar-refractivity contribution is 6.39. The third-order valence-corrected chi connectivity index (χ3v) is 3.52. The molecular formula is C16H14Cl2N2O2. The van der Waals surface area contributed by atoms with Crippen LogP contribution in [0.3, 0.4) is 0 Å². The summed E-state index contributed by atoms with van der Waals surface area (Å²) in [5.41, 5.74) is 1.43. The number of carbonyl (C=O) groups excluding carboxylic acids is 2. The van der Waals surface area contributed by atoms with Crippen molar-refractivity contribution in [3.05, 3.63) is 64.1 Å². The quantitative estimate of drug-likeness (QED) is 0.841. The predicted molar refractivity (Wildman–Crippen MR) is 88.2 cm³/mol. The van der Waals surface area contributed by atoms with Gasteiger partial charge in [-0.3, -0.25) is 9.59 Å². The number of amides is 2. The lowest BCUT2D eigenvalue weighted by atomic mass is 10.1. The zero-order valence-corrected chi connectivity index (χ0v) is 13.1. The van der Waals surface area contributed by atoms with Gasteiger partial charge < -0.3 is 10.6 Å². The topological polar surface area (TPSA) is 58.2 Å². The lowest BCUT2D eigenvalue weighted by Gasteiger charge is -2.07. The SMILES string of the molecule is O=C(NCCc1ccc(Cl)cc1Cl)C(=O)Nc1ccccc1. The Morgan fingerprint density at radius 3 is 2.36 bits per heavy atom. The molecule has 0 radical (unpaired) electrons. The van der Waals surface area contributed by atoms with Gasteiger partial charge in [0.25, 0.3) is 0 Å². The Labute approximate surface area is 138 Å². The molecule has 0 heterocycles. The minimum Gasteiger partial charge on any atom is -0.347 e. The van der Waals surface area contributed by atoms with Crippen molar-refractivity contribution in [3.8, 4) is 0 Å². The van der Waals surface area contributed by atoms with E-state index in [4.69, 9.17) is 23.2 Å². The van der Waals surface area contributed by atoms with Crippen molar-refractivity contribution in [2.75, 3.05) is 11.9 Å². The molecule has 114 valence electrons. The van der Waals surface area contributed by atoms with E-state index in [0.717, 1.165) is 5.56 Å². The summed E-state index contributed by atoms with van der Waals surface area (Å²) in [6.07, 6.45) is 0.514. The van der Waals surface area contributed by atoms with Crippen molar-refractivity contribution in [1.82, 2.24) is 5.32 Å². The van der Waals surface area contributed by atoms with Crippen LogP contribution in [0, 0.1) is 0 Å². The van der Waals surface area contributed by atoms with Gasteiger partial charge in [0, 0.05) is 22.3 Å². The Hall–Kier alpha value is -2.04. The molecule has 0 atom stereocenters. The number of carbonyl (C=O) groups is 2. The molecule has 22 heavy (non-hydrogen) atoms. The average molecular weight is 337 g/mol. The molecule has 2 rings (SSSR count). The minimum atomic E-state index is -0.701. The molecule has 0 aliphatic carbocycles. The summed E-state index contributed by atoms with van der Waals surface area (Å²) >= 11 is 11.9. The molecule has 0 aliphatic rings. The third-order valence-electron chi connectivity index (χ3n) is 2.93. The lowest BCUT2D eigenvalue weighted by molar-refractivity contribution is -0.136. The van der Waals surface area contributed by atoms with Crippen molar-refractivity contribution in [2.24, 2.45) is 0 Å². The Morgan fingerprint density at radius 1 is 0.955 bits per heavy atom. The Kier molecular flexibility index (Phi) is 5.81. The first-order valence-corrected chi connectivity index (χ1v) is 7.40. The van der Waals surface area contributed by atoms with E-state index in [0.29, 0.717) is 28.7 Å². The summed E-state index contributed by atoms with van der Waals surface area (Å²) < 4.78 is 0. The second kappa shape index (κ2) is 7.82. The molecule has 0 aromatic heterocycles. The molecular weight excluding hydrogens is 323 g/mol. The first-order chi connectivity index (χ1) is 10.6. The number of nitrogens with one attached hydrogen (secondary N) is 2. The van der Waals surface area contributed by atoms with Crippen LogP contribution in [0.1, 0.15) is 5.56 Å². The van der Waals surface area contributed by atoms with E-state index in [9.17, 15) is 9.59 Å². The molecule has 2 amide bonds. The van der Waals surface area contributed by atoms with Crippen LogP contribution in [0.2, 0.25) is 10.0 Å². The highest BCUT2D eigenvalue weighted by Crippen LogP contribution is 2.21. The fraction of sp³-hybridized carbons (Fsp3) is 0.125. The van der Waals surface area contributed by atoms with Crippen LogP contribution in [-0.4, -0.2) is 18.4 Å². The van der Waals surface area contributed by atoms with Gasteiger partial charge in [0.15, 0.2) is 0 Å². The second-order valence-electron chi connectivity index (χ2n) is 4.56. The molecule has 0 unspecified atom stereocenters.